The molecule has 2 atom stereocenters. The highest BCUT2D eigenvalue weighted by molar-refractivity contribution is 5.93. The summed E-state index contributed by atoms with van der Waals surface area (Å²) in [5.74, 6) is -0.0895. The minimum absolute atomic E-state index is 0.0895. The van der Waals surface area contributed by atoms with Crippen LogP contribution in [0.3, 0.4) is 0 Å². The second-order valence-electron chi connectivity index (χ2n) is 9.00. The Bertz CT molecular complexity index is 1110. The van der Waals surface area contributed by atoms with Crippen molar-refractivity contribution in [1.82, 2.24) is 34.2 Å². The lowest BCUT2D eigenvalue weighted by atomic mass is 9.99. The Morgan fingerprint density at radius 1 is 1.16 bits per heavy atom. The zero-order valence-corrected chi connectivity index (χ0v) is 19.1. The molecule has 2 aliphatic heterocycles. The third kappa shape index (κ3) is 4.02. The van der Waals surface area contributed by atoms with Crippen molar-refractivity contribution in [3.05, 3.63) is 47.2 Å². The Morgan fingerprint density at radius 2 is 1.97 bits per heavy atom. The summed E-state index contributed by atoms with van der Waals surface area (Å²) in [5.41, 5.74) is 3.98. The van der Waals surface area contributed by atoms with Crippen LogP contribution in [0.1, 0.15) is 52.7 Å². The average Bonchev–Trinajstić information content (AvgIpc) is 3.40. The van der Waals surface area contributed by atoms with Crippen molar-refractivity contribution in [1.29, 1.82) is 0 Å². The second-order valence-corrected chi connectivity index (χ2v) is 9.00. The van der Waals surface area contributed by atoms with E-state index in [1.165, 1.54) is 19.3 Å². The smallest absolute Gasteiger partial charge is 0.275 e. The topological polar surface area (TPSA) is 80.8 Å². The molecular weight excluding hydrogens is 406 g/mol. The SMILES string of the molecule is Cc1cc(C)n2nc(C(=O)N3CCO[C@@H](CN4CCCCC4)[C@@H]3c3cnn(C)c3)cc2n1. The van der Waals surface area contributed by atoms with Crippen LogP contribution in [0.15, 0.2) is 24.5 Å². The standard InChI is InChI=1S/C23H31N7O2/c1-16-11-17(2)30-21(25-16)12-19(26-30)23(31)29-9-10-32-20(15-28-7-5-4-6-8-28)22(29)18-13-24-27(3)14-18/h11-14,20,22H,4-10,15H2,1-3H3/t20-,22-/m0/s1. The lowest BCUT2D eigenvalue weighted by Crippen LogP contribution is -2.52. The summed E-state index contributed by atoms with van der Waals surface area (Å²) in [5, 5.41) is 8.97. The number of carbonyl (C=O) groups excluding carboxylic acids is 1. The van der Waals surface area contributed by atoms with Crippen LogP contribution >= 0.6 is 0 Å². The number of morpholine rings is 1. The molecule has 2 aliphatic rings. The largest absolute Gasteiger partial charge is 0.373 e. The van der Waals surface area contributed by atoms with Gasteiger partial charge in [0.25, 0.3) is 5.91 Å². The Kier molecular flexibility index (Phi) is 5.69. The van der Waals surface area contributed by atoms with Crippen LogP contribution < -0.4 is 0 Å². The first kappa shape index (κ1) is 21.1. The lowest BCUT2D eigenvalue weighted by Gasteiger charge is -2.42. The van der Waals surface area contributed by atoms with Gasteiger partial charge in [-0.15, -0.1) is 0 Å². The molecule has 5 rings (SSSR count). The van der Waals surface area contributed by atoms with Gasteiger partial charge in [-0.05, 0) is 45.8 Å². The maximum Gasteiger partial charge on any atom is 0.275 e. The first-order valence-corrected chi connectivity index (χ1v) is 11.5. The van der Waals surface area contributed by atoms with E-state index in [4.69, 9.17) is 4.74 Å². The molecule has 2 fully saturated rings. The summed E-state index contributed by atoms with van der Waals surface area (Å²) in [7, 11) is 1.90. The number of fused-ring (bicyclic) bond motifs is 1. The van der Waals surface area contributed by atoms with Gasteiger partial charge in [-0.1, -0.05) is 6.42 Å². The van der Waals surface area contributed by atoms with Crippen LogP contribution in [0, 0.1) is 13.8 Å². The van der Waals surface area contributed by atoms with E-state index in [-0.39, 0.29) is 18.1 Å². The fraction of sp³-hybridized carbons (Fsp3) is 0.565. The molecule has 0 unspecified atom stereocenters. The Balaban J connectivity index is 1.47. The summed E-state index contributed by atoms with van der Waals surface area (Å²) in [4.78, 5) is 22.6. The molecule has 32 heavy (non-hydrogen) atoms. The number of aryl methyl sites for hydroxylation is 3. The fourth-order valence-electron chi connectivity index (χ4n) is 5.04. The molecule has 0 saturated carbocycles. The molecule has 170 valence electrons. The first-order valence-electron chi connectivity index (χ1n) is 11.5. The van der Waals surface area contributed by atoms with Gasteiger partial charge >= 0.3 is 0 Å². The number of likely N-dealkylation sites (tertiary alicyclic amines) is 1. The summed E-state index contributed by atoms with van der Waals surface area (Å²) in [6.45, 7) is 7.96. The van der Waals surface area contributed by atoms with Gasteiger partial charge in [0.1, 0.15) is 0 Å². The maximum absolute atomic E-state index is 13.7. The first-order chi connectivity index (χ1) is 15.5. The Labute approximate surface area is 188 Å². The number of aromatic nitrogens is 5. The van der Waals surface area contributed by atoms with Crippen LogP contribution in [0.25, 0.3) is 5.65 Å². The second kappa shape index (κ2) is 8.63. The maximum atomic E-state index is 13.7. The van der Waals surface area contributed by atoms with Crippen molar-refractivity contribution in [2.24, 2.45) is 7.05 Å². The molecule has 0 aliphatic carbocycles. The van der Waals surface area contributed by atoms with Crippen LogP contribution in [0.4, 0.5) is 0 Å². The van der Waals surface area contributed by atoms with E-state index in [1.54, 1.807) is 15.3 Å². The molecular formula is C23H31N7O2. The predicted molar refractivity (Wildman–Crippen MR) is 119 cm³/mol. The van der Waals surface area contributed by atoms with Gasteiger partial charge in [0.05, 0.1) is 24.9 Å². The molecule has 0 spiro atoms. The highest BCUT2D eigenvalue weighted by atomic mass is 16.5. The zero-order valence-electron chi connectivity index (χ0n) is 19.1. The molecule has 2 saturated heterocycles. The van der Waals surface area contributed by atoms with Crippen molar-refractivity contribution in [2.45, 2.75) is 45.3 Å². The van der Waals surface area contributed by atoms with Gasteiger partial charge in [-0.3, -0.25) is 9.48 Å². The highest BCUT2D eigenvalue weighted by Gasteiger charge is 2.39. The van der Waals surface area contributed by atoms with Crippen molar-refractivity contribution in [3.8, 4) is 0 Å². The van der Waals surface area contributed by atoms with Crippen molar-refractivity contribution >= 4 is 11.6 Å². The Morgan fingerprint density at radius 3 is 2.72 bits per heavy atom. The van der Waals surface area contributed by atoms with Gasteiger partial charge in [0, 0.05) is 49.4 Å². The van der Waals surface area contributed by atoms with Gasteiger partial charge in [0.2, 0.25) is 0 Å². The van der Waals surface area contributed by atoms with Gasteiger partial charge < -0.3 is 14.5 Å². The van der Waals surface area contributed by atoms with Crippen molar-refractivity contribution < 1.29 is 9.53 Å². The van der Waals surface area contributed by atoms with E-state index in [0.29, 0.717) is 24.5 Å². The molecule has 0 radical (unpaired) electrons. The summed E-state index contributed by atoms with van der Waals surface area (Å²) in [6, 6.07) is 3.56. The van der Waals surface area contributed by atoms with Crippen LogP contribution in [0.2, 0.25) is 0 Å². The van der Waals surface area contributed by atoms with Gasteiger partial charge in [0.15, 0.2) is 11.3 Å². The molecule has 0 aromatic carbocycles. The molecule has 9 heteroatoms. The van der Waals surface area contributed by atoms with Crippen LogP contribution in [-0.4, -0.2) is 79.0 Å². The number of amides is 1. The van der Waals surface area contributed by atoms with Gasteiger partial charge in [-0.25, -0.2) is 9.50 Å². The number of hydrogen-bond acceptors (Lipinski definition) is 6. The van der Waals surface area contributed by atoms with E-state index in [0.717, 1.165) is 36.6 Å². The number of nitrogens with zero attached hydrogens (tertiary/aromatic N) is 7. The predicted octanol–water partition coefficient (Wildman–Crippen LogP) is 2.15. The minimum atomic E-state index is -0.201. The number of ether oxygens (including phenoxy) is 1. The number of hydrogen-bond donors (Lipinski definition) is 0. The summed E-state index contributed by atoms with van der Waals surface area (Å²) < 4.78 is 9.78. The summed E-state index contributed by atoms with van der Waals surface area (Å²) >= 11 is 0. The van der Waals surface area contributed by atoms with E-state index in [1.807, 2.05) is 44.3 Å². The molecule has 5 heterocycles. The van der Waals surface area contributed by atoms with E-state index in [2.05, 4.69) is 20.1 Å². The normalized spacial score (nSPS) is 22.5. The zero-order chi connectivity index (χ0) is 22.2. The van der Waals surface area contributed by atoms with E-state index >= 15 is 0 Å². The molecule has 3 aromatic heterocycles. The average molecular weight is 438 g/mol. The molecule has 0 N–H and O–H groups in total. The Hall–Kier alpha value is -2.78. The third-order valence-corrected chi connectivity index (χ3v) is 6.52. The van der Waals surface area contributed by atoms with Gasteiger partial charge in [-0.2, -0.15) is 10.2 Å². The molecule has 9 nitrogen and oxygen atoms in total. The quantitative estimate of drug-likeness (QED) is 0.622. The van der Waals surface area contributed by atoms with Crippen molar-refractivity contribution in [3.63, 3.8) is 0 Å². The molecule has 3 aromatic rings. The van der Waals surface area contributed by atoms with E-state index in [9.17, 15) is 4.79 Å². The number of rotatable bonds is 4. The van der Waals surface area contributed by atoms with E-state index < -0.39 is 0 Å². The van der Waals surface area contributed by atoms with Crippen molar-refractivity contribution in [2.75, 3.05) is 32.8 Å². The lowest BCUT2D eigenvalue weighted by molar-refractivity contribution is -0.0743. The molecule has 0 bridgehead atoms. The van der Waals surface area contributed by atoms with Crippen LogP contribution in [0.5, 0.6) is 0 Å². The van der Waals surface area contributed by atoms with Crippen LogP contribution in [-0.2, 0) is 11.8 Å². The fourth-order valence-corrected chi connectivity index (χ4v) is 5.04. The molecule has 1 amide bonds. The minimum Gasteiger partial charge on any atom is -0.373 e. The number of carbonyl (C=O) groups is 1. The number of piperidine rings is 1. The monoisotopic (exact) mass is 437 g/mol. The highest BCUT2D eigenvalue weighted by Crippen LogP contribution is 2.32. The summed E-state index contributed by atoms with van der Waals surface area (Å²) in [6.07, 6.45) is 7.47. The third-order valence-electron chi connectivity index (χ3n) is 6.52.